The van der Waals surface area contributed by atoms with Crippen molar-refractivity contribution in [2.24, 2.45) is 5.92 Å². The molecule has 2 rings (SSSR count). The zero-order valence-electron chi connectivity index (χ0n) is 10.7. The molecule has 1 saturated heterocycles. The molecule has 20 heavy (non-hydrogen) atoms. The molecule has 1 heterocycles. The van der Waals surface area contributed by atoms with Crippen molar-refractivity contribution < 1.29 is 23.1 Å². The number of nitrogens with one attached hydrogen (secondary N) is 1. The Bertz CT molecular complexity index is 511. The summed E-state index contributed by atoms with van der Waals surface area (Å²) in [4.78, 5) is 13.3. The fourth-order valence-corrected chi connectivity index (χ4v) is 2.22. The predicted octanol–water partition coefficient (Wildman–Crippen LogP) is 2.34. The van der Waals surface area contributed by atoms with Crippen molar-refractivity contribution in [3.05, 3.63) is 29.6 Å². The molecule has 1 aromatic rings. The highest BCUT2D eigenvalue weighted by atomic mass is 19.2. The molecule has 0 bridgehead atoms. The van der Waals surface area contributed by atoms with Gasteiger partial charge in [-0.3, -0.25) is 0 Å². The molecule has 0 spiro atoms. The van der Waals surface area contributed by atoms with E-state index in [1.54, 1.807) is 0 Å². The standard InChI is InChI=1S/C13H15F3N2O2/c14-9-3-4-10(12(16)11(9)15)17-13(20)18-5-1-2-8(6-18)7-19/h3-4,8,19H,1-2,5-7H2,(H,17,20). The van der Waals surface area contributed by atoms with E-state index in [1.165, 1.54) is 4.90 Å². The van der Waals surface area contributed by atoms with E-state index >= 15 is 0 Å². The van der Waals surface area contributed by atoms with Gasteiger partial charge in [-0.05, 0) is 30.9 Å². The van der Waals surface area contributed by atoms with Crippen LogP contribution in [0.5, 0.6) is 0 Å². The number of hydrogen-bond donors (Lipinski definition) is 2. The van der Waals surface area contributed by atoms with Crippen molar-refractivity contribution in [2.75, 3.05) is 25.0 Å². The molecule has 0 radical (unpaired) electrons. The number of hydrogen-bond acceptors (Lipinski definition) is 2. The maximum atomic E-state index is 13.4. The van der Waals surface area contributed by atoms with Gasteiger partial charge in [0, 0.05) is 19.7 Å². The van der Waals surface area contributed by atoms with Crippen LogP contribution in [0, 0.1) is 23.4 Å². The summed E-state index contributed by atoms with van der Waals surface area (Å²) in [7, 11) is 0. The minimum absolute atomic E-state index is 0.00991. The first-order chi connectivity index (χ1) is 9.52. The van der Waals surface area contributed by atoms with E-state index in [2.05, 4.69) is 5.32 Å². The summed E-state index contributed by atoms with van der Waals surface area (Å²) < 4.78 is 39.3. The third-order valence-corrected chi connectivity index (χ3v) is 3.34. The monoisotopic (exact) mass is 288 g/mol. The SMILES string of the molecule is O=C(Nc1ccc(F)c(F)c1F)N1CCCC(CO)C1. The Kier molecular flexibility index (Phi) is 4.49. The van der Waals surface area contributed by atoms with Crippen molar-refractivity contribution in [1.82, 2.24) is 4.90 Å². The number of anilines is 1. The third-order valence-electron chi connectivity index (χ3n) is 3.34. The molecule has 1 aliphatic heterocycles. The lowest BCUT2D eigenvalue weighted by Gasteiger charge is -2.31. The normalized spacial score (nSPS) is 19.0. The van der Waals surface area contributed by atoms with E-state index in [0.29, 0.717) is 13.1 Å². The average Bonchev–Trinajstić information content (AvgIpc) is 2.48. The molecule has 1 fully saturated rings. The van der Waals surface area contributed by atoms with Crippen molar-refractivity contribution in [3.8, 4) is 0 Å². The number of aliphatic hydroxyl groups excluding tert-OH is 1. The lowest BCUT2D eigenvalue weighted by atomic mass is 9.99. The Morgan fingerprint density at radius 3 is 2.80 bits per heavy atom. The van der Waals surface area contributed by atoms with Gasteiger partial charge in [0.25, 0.3) is 0 Å². The number of benzene rings is 1. The average molecular weight is 288 g/mol. The van der Waals surface area contributed by atoms with Gasteiger partial charge < -0.3 is 15.3 Å². The Morgan fingerprint density at radius 2 is 2.10 bits per heavy atom. The van der Waals surface area contributed by atoms with Crippen molar-refractivity contribution in [2.45, 2.75) is 12.8 Å². The minimum atomic E-state index is -1.62. The second-order valence-electron chi connectivity index (χ2n) is 4.79. The van der Waals surface area contributed by atoms with E-state index in [0.717, 1.165) is 25.0 Å². The summed E-state index contributed by atoms with van der Waals surface area (Å²) in [5.41, 5.74) is -0.403. The lowest BCUT2D eigenvalue weighted by molar-refractivity contribution is 0.136. The topological polar surface area (TPSA) is 52.6 Å². The van der Waals surface area contributed by atoms with Gasteiger partial charge in [-0.25, -0.2) is 18.0 Å². The van der Waals surface area contributed by atoms with Crippen LogP contribution in [0.1, 0.15) is 12.8 Å². The number of halogens is 3. The van der Waals surface area contributed by atoms with E-state index in [-0.39, 0.29) is 12.5 Å². The maximum Gasteiger partial charge on any atom is 0.321 e. The summed E-state index contributed by atoms with van der Waals surface area (Å²) in [5.74, 6) is -4.35. The fourth-order valence-electron chi connectivity index (χ4n) is 2.22. The Morgan fingerprint density at radius 1 is 1.35 bits per heavy atom. The number of carbonyl (C=O) groups is 1. The zero-order chi connectivity index (χ0) is 14.7. The number of urea groups is 1. The van der Waals surface area contributed by atoms with Crippen LogP contribution >= 0.6 is 0 Å². The second kappa shape index (κ2) is 6.13. The summed E-state index contributed by atoms with van der Waals surface area (Å²) in [6.07, 6.45) is 1.55. The fraction of sp³-hybridized carbons (Fsp3) is 0.462. The lowest BCUT2D eigenvalue weighted by Crippen LogP contribution is -2.43. The van der Waals surface area contributed by atoms with Crippen LogP contribution in [0.25, 0.3) is 0 Å². The van der Waals surface area contributed by atoms with E-state index < -0.39 is 29.2 Å². The summed E-state index contributed by atoms with van der Waals surface area (Å²) in [6.45, 7) is 0.810. The highest BCUT2D eigenvalue weighted by Gasteiger charge is 2.24. The second-order valence-corrected chi connectivity index (χ2v) is 4.79. The molecule has 2 N–H and O–H groups in total. The number of rotatable bonds is 2. The molecule has 1 atom stereocenters. The summed E-state index contributed by atoms with van der Waals surface area (Å²) >= 11 is 0. The minimum Gasteiger partial charge on any atom is -0.396 e. The number of likely N-dealkylation sites (tertiary alicyclic amines) is 1. The van der Waals surface area contributed by atoms with Crippen LogP contribution in [0.4, 0.5) is 23.7 Å². The molecule has 0 saturated carbocycles. The number of amides is 2. The molecule has 2 amide bonds. The first-order valence-corrected chi connectivity index (χ1v) is 6.33. The summed E-state index contributed by atoms with van der Waals surface area (Å²) in [6, 6.07) is 1.13. The van der Waals surface area contributed by atoms with Crippen LogP contribution in [0.3, 0.4) is 0 Å². The Hall–Kier alpha value is -1.76. The number of aliphatic hydroxyl groups is 1. The van der Waals surface area contributed by atoms with Gasteiger partial charge in [-0.2, -0.15) is 0 Å². The smallest absolute Gasteiger partial charge is 0.321 e. The first kappa shape index (κ1) is 14.6. The van der Waals surface area contributed by atoms with Gasteiger partial charge >= 0.3 is 6.03 Å². The molecule has 0 aliphatic carbocycles. The van der Waals surface area contributed by atoms with Crippen molar-refractivity contribution in [1.29, 1.82) is 0 Å². The first-order valence-electron chi connectivity index (χ1n) is 6.33. The van der Waals surface area contributed by atoms with Crippen molar-refractivity contribution >= 4 is 11.7 Å². The van der Waals surface area contributed by atoms with Crippen LogP contribution in [-0.4, -0.2) is 35.7 Å². The summed E-state index contributed by atoms with van der Waals surface area (Å²) in [5, 5.41) is 11.3. The number of carbonyl (C=O) groups excluding carboxylic acids is 1. The van der Waals surface area contributed by atoms with E-state index in [1.807, 2.05) is 0 Å². The van der Waals surface area contributed by atoms with Gasteiger partial charge in [0.15, 0.2) is 17.5 Å². The Labute approximate surface area is 114 Å². The molecular formula is C13H15F3N2O2. The predicted molar refractivity (Wildman–Crippen MR) is 66.7 cm³/mol. The molecule has 4 nitrogen and oxygen atoms in total. The van der Waals surface area contributed by atoms with E-state index in [4.69, 9.17) is 5.11 Å². The van der Waals surface area contributed by atoms with E-state index in [9.17, 15) is 18.0 Å². The van der Waals surface area contributed by atoms with Gasteiger partial charge in [0.05, 0.1) is 5.69 Å². The van der Waals surface area contributed by atoms with Crippen LogP contribution in [0.2, 0.25) is 0 Å². The molecular weight excluding hydrogens is 273 g/mol. The number of nitrogens with zero attached hydrogens (tertiary/aromatic N) is 1. The van der Waals surface area contributed by atoms with Gasteiger partial charge in [0.1, 0.15) is 0 Å². The van der Waals surface area contributed by atoms with Crippen molar-refractivity contribution in [3.63, 3.8) is 0 Å². The van der Waals surface area contributed by atoms with Gasteiger partial charge in [-0.15, -0.1) is 0 Å². The van der Waals surface area contributed by atoms with Gasteiger partial charge in [0.2, 0.25) is 0 Å². The quantitative estimate of drug-likeness (QED) is 0.821. The molecule has 1 aliphatic rings. The van der Waals surface area contributed by atoms with Crippen LogP contribution in [-0.2, 0) is 0 Å². The molecule has 110 valence electrons. The Balaban J connectivity index is 2.06. The molecule has 7 heteroatoms. The zero-order valence-corrected chi connectivity index (χ0v) is 10.7. The highest BCUT2D eigenvalue weighted by Crippen LogP contribution is 2.21. The molecule has 1 aromatic carbocycles. The largest absolute Gasteiger partial charge is 0.396 e. The third kappa shape index (κ3) is 3.04. The van der Waals surface area contributed by atoms with Gasteiger partial charge in [-0.1, -0.05) is 0 Å². The molecule has 1 unspecified atom stereocenters. The maximum absolute atomic E-state index is 13.4. The number of piperidine rings is 1. The molecule has 0 aromatic heterocycles. The highest BCUT2D eigenvalue weighted by molar-refractivity contribution is 5.89. The van der Waals surface area contributed by atoms with Crippen LogP contribution < -0.4 is 5.32 Å². The van der Waals surface area contributed by atoms with Crippen LogP contribution in [0.15, 0.2) is 12.1 Å².